The van der Waals surface area contributed by atoms with Crippen molar-refractivity contribution < 1.29 is 4.74 Å². The second-order valence-electron chi connectivity index (χ2n) is 4.86. The van der Waals surface area contributed by atoms with Gasteiger partial charge >= 0.3 is 0 Å². The van der Waals surface area contributed by atoms with Gasteiger partial charge in [0.25, 0.3) is 0 Å². The Morgan fingerprint density at radius 2 is 1.76 bits per heavy atom. The normalized spacial score (nSPS) is 10.6. The number of aromatic nitrogens is 1. The summed E-state index contributed by atoms with van der Waals surface area (Å²) in [5.41, 5.74) is 10.9. The monoisotopic (exact) mass is 296 g/mol. The molecule has 0 saturated carbocycles. The van der Waals surface area contributed by atoms with E-state index in [1.807, 2.05) is 18.2 Å². The van der Waals surface area contributed by atoms with Gasteiger partial charge in [-0.15, -0.1) is 11.3 Å². The molecule has 0 radical (unpaired) electrons. The highest BCUT2D eigenvalue weighted by Crippen LogP contribution is 2.32. The molecular formula is C17H16N2OS. The number of ether oxygens (including phenoxy) is 1. The zero-order valence-corrected chi connectivity index (χ0v) is 12.8. The number of anilines is 1. The van der Waals surface area contributed by atoms with E-state index in [1.54, 1.807) is 18.4 Å². The molecule has 0 aliphatic rings. The lowest BCUT2D eigenvalue weighted by Gasteiger charge is -2.05. The van der Waals surface area contributed by atoms with Gasteiger partial charge in [0.2, 0.25) is 0 Å². The smallest absolute Gasteiger partial charge is 0.141 e. The first-order chi connectivity index (χ1) is 10.2. The maximum Gasteiger partial charge on any atom is 0.141 e. The summed E-state index contributed by atoms with van der Waals surface area (Å²) >= 11 is 1.64. The average Bonchev–Trinajstić information content (AvgIpc) is 2.98. The maximum absolute atomic E-state index is 5.95. The van der Waals surface area contributed by atoms with E-state index in [9.17, 15) is 0 Å². The van der Waals surface area contributed by atoms with E-state index in [1.165, 1.54) is 5.56 Å². The SMILES string of the molecule is COc1ccc(-c2csc(-c3ccc(C)cc3)n2)cc1N. The van der Waals surface area contributed by atoms with Gasteiger partial charge in [-0.1, -0.05) is 29.8 Å². The zero-order valence-electron chi connectivity index (χ0n) is 12.0. The molecule has 2 aromatic carbocycles. The minimum atomic E-state index is 0.625. The van der Waals surface area contributed by atoms with Crippen LogP contribution in [0.1, 0.15) is 5.56 Å². The zero-order chi connectivity index (χ0) is 14.8. The van der Waals surface area contributed by atoms with Gasteiger partial charge < -0.3 is 10.5 Å². The Labute approximate surface area is 128 Å². The van der Waals surface area contributed by atoms with E-state index in [0.717, 1.165) is 21.8 Å². The molecule has 1 heterocycles. The summed E-state index contributed by atoms with van der Waals surface area (Å²) in [6, 6.07) is 14.1. The quantitative estimate of drug-likeness (QED) is 0.730. The maximum atomic E-state index is 5.95. The fourth-order valence-electron chi connectivity index (χ4n) is 2.13. The highest BCUT2D eigenvalue weighted by Gasteiger charge is 2.08. The lowest BCUT2D eigenvalue weighted by atomic mass is 10.1. The highest BCUT2D eigenvalue weighted by molar-refractivity contribution is 7.13. The van der Waals surface area contributed by atoms with Crippen molar-refractivity contribution in [3.63, 3.8) is 0 Å². The van der Waals surface area contributed by atoms with Gasteiger partial charge in [-0.05, 0) is 25.1 Å². The van der Waals surface area contributed by atoms with Gasteiger partial charge in [0.15, 0.2) is 0 Å². The fourth-order valence-corrected chi connectivity index (χ4v) is 2.96. The number of rotatable bonds is 3. The van der Waals surface area contributed by atoms with Gasteiger partial charge in [0.05, 0.1) is 18.5 Å². The summed E-state index contributed by atoms with van der Waals surface area (Å²) in [7, 11) is 1.61. The van der Waals surface area contributed by atoms with Gasteiger partial charge in [-0.3, -0.25) is 0 Å². The van der Waals surface area contributed by atoms with Crippen LogP contribution in [0.15, 0.2) is 47.8 Å². The molecule has 0 unspecified atom stereocenters. The van der Waals surface area contributed by atoms with Crippen LogP contribution in [-0.4, -0.2) is 12.1 Å². The molecule has 0 bridgehead atoms. The molecule has 3 aromatic rings. The van der Waals surface area contributed by atoms with E-state index in [-0.39, 0.29) is 0 Å². The van der Waals surface area contributed by atoms with Crippen molar-refractivity contribution in [1.29, 1.82) is 0 Å². The van der Waals surface area contributed by atoms with Crippen LogP contribution >= 0.6 is 11.3 Å². The minimum absolute atomic E-state index is 0.625. The summed E-state index contributed by atoms with van der Waals surface area (Å²) < 4.78 is 5.18. The molecule has 0 aliphatic heterocycles. The lowest BCUT2D eigenvalue weighted by molar-refractivity contribution is 0.417. The number of nitrogen functional groups attached to an aromatic ring is 1. The number of thiazole rings is 1. The second-order valence-corrected chi connectivity index (χ2v) is 5.72. The summed E-state index contributed by atoms with van der Waals surface area (Å²) in [6.45, 7) is 2.08. The molecule has 106 valence electrons. The van der Waals surface area contributed by atoms with Gasteiger partial charge in [0, 0.05) is 16.5 Å². The number of methoxy groups -OCH3 is 1. The minimum Gasteiger partial charge on any atom is -0.495 e. The molecule has 0 atom stereocenters. The molecule has 3 rings (SSSR count). The summed E-state index contributed by atoms with van der Waals surface area (Å²) in [5, 5.41) is 3.07. The van der Waals surface area contributed by atoms with Crippen molar-refractivity contribution in [2.24, 2.45) is 0 Å². The van der Waals surface area contributed by atoms with Crippen molar-refractivity contribution in [2.45, 2.75) is 6.92 Å². The first kappa shape index (κ1) is 13.6. The summed E-state index contributed by atoms with van der Waals surface area (Å²) in [6.07, 6.45) is 0. The molecule has 21 heavy (non-hydrogen) atoms. The van der Waals surface area contributed by atoms with Crippen LogP contribution in [0.4, 0.5) is 5.69 Å². The summed E-state index contributed by atoms with van der Waals surface area (Å²) in [5.74, 6) is 0.688. The van der Waals surface area contributed by atoms with E-state index in [0.29, 0.717) is 11.4 Å². The van der Waals surface area contributed by atoms with Crippen LogP contribution in [0.2, 0.25) is 0 Å². The largest absolute Gasteiger partial charge is 0.495 e. The van der Waals surface area contributed by atoms with Crippen molar-refractivity contribution in [3.8, 4) is 27.6 Å². The van der Waals surface area contributed by atoms with Crippen LogP contribution in [0.3, 0.4) is 0 Å². The second kappa shape index (κ2) is 5.58. The third kappa shape index (κ3) is 2.76. The van der Waals surface area contributed by atoms with Crippen LogP contribution in [0, 0.1) is 6.92 Å². The topological polar surface area (TPSA) is 48.1 Å². The molecule has 4 heteroatoms. The first-order valence-electron chi connectivity index (χ1n) is 6.64. The Hall–Kier alpha value is -2.33. The molecule has 0 fully saturated rings. The number of aryl methyl sites for hydroxylation is 1. The fraction of sp³-hybridized carbons (Fsp3) is 0.118. The van der Waals surface area contributed by atoms with Gasteiger partial charge in [-0.2, -0.15) is 0 Å². The van der Waals surface area contributed by atoms with E-state index in [2.05, 4.69) is 36.6 Å². The predicted molar refractivity (Wildman–Crippen MR) is 88.7 cm³/mol. The average molecular weight is 296 g/mol. The Balaban J connectivity index is 1.94. The van der Waals surface area contributed by atoms with Crippen LogP contribution in [-0.2, 0) is 0 Å². The molecule has 2 N–H and O–H groups in total. The number of benzene rings is 2. The van der Waals surface area contributed by atoms with Crippen LogP contribution < -0.4 is 10.5 Å². The van der Waals surface area contributed by atoms with E-state index >= 15 is 0 Å². The Kier molecular flexibility index (Phi) is 3.62. The Morgan fingerprint density at radius 3 is 2.43 bits per heavy atom. The molecule has 0 aliphatic carbocycles. The number of nitrogens with zero attached hydrogens (tertiary/aromatic N) is 1. The standard InChI is InChI=1S/C17H16N2OS/c1-11-3-5-12(6-4-11)17-19-15(10-21-17)13-7-8-16(20-2)14(18)9-13/h3-10H,18H2,1-2H3. The molecule has 3 nitrogen and oxygen atoms in total. The van der Waals surface area contributed by atoms with Crippen LogP contribution in [0.5, 0.6) is 5.75 Å². The van der Waals surface area contributed by atoms with E-state index in [4.69, 9.17) is 15.5 Å². The third-order valence-corrected chi connectivity index (χ3v) is 4.22. The van der Waals surface area contributed by atoms with E-state index < -0.39 is 0 Å². The molecule has 1 aromatic heterocycles. The third-order valence-electron chi connectivity index (χ3n) is 3.33. The number of nitrogens with two attached hydrogens (primary N) is 1. The predicted octanol–water partition coefficient (Wildman–Crippen LogP) is 4.38. The lowest BCUT2D eigenvalue weighted by Crippen LogP contribution is -1.92. The number of hydrogen-bond acceptors (Lipinski definition) is 4. The summed E-state index contributed by atoms with van der Waals surface area (Å²) in [4.78, 5) is 4.70. The van der Waals surface area contributed by atoms with Gasteiger partial charge in [0.1, 0.15) is 10.8 Å². The molecule has 0 spiro atoms. The molecular weight excluding hydrogens is 280 g/mol. The van der Waals surface area contributed by atoms with Crippen molar-refractivity contribution >= 4 is 17.0 Å². The number of hydrogen-bond donors (Lipinski definition) is 1. The highest BCUT2D eigenvalue weighted by atomic mass is 32.1. The molecule has 0 amide bonds. The van der Waals surface area contributed by atoms with Crippen LogP contribution in [0.25, 0.3) is 21.8 Å². The van der Waals surface area contributed by atoms with Crippen molar-refractivity contribution in [1.82, 2.24) is 4.98 Å². The van der Waals surface area contributed by atoms with Crippen molar-refractivity contribution in [3.05, 3.63) is 53.4 Å². The van der Waals surface area contributed by atoms with Crippen molar-refractivity contribution in [2.75, 3.05) is 12.8 Å². The van der Waals surface area contributed by atoms with Gasteiger partial charge in [-0.25, -0.2) is 4.98 Å². The molecule has 0 saturated heterocycles. The Bertz CT molecular complexity index is 763. The Morgan fingerprint density at radius 1 is 1.05 bits per heavy atom. The first-order valence-corrected chi connectivity index (χ1v) is 7.52.